The van der Waals surface area contributed by atoms with Crippen molar-refractivity contribution in [1.29, 1.82) is 0 Å². The molecule has 2 heteroatoms. The third-order valence-electron chi connectivity index (χ3n) is 2.66. The fourth-order valence-electron chi connectivity index (χ4n) is 1.21. The Morgan fingerprint density at radius 3 is 2.36 bits per heavy atom. The second-order valence-electron chi connectivity index (χ2n) is 4.33. The molecule has 0 heterocycles. The molecule has 0 N–H and O–H groups in total. The number of unbranched alkanes of at least 4 members (excludes halogenated alkanes) is 3. The molecule has 0 aromatic carbocycles. The zero-order valence-electron chi connectivity index (χ0n) is 8.74. The molecular weight excluding hydrogens is 160 g/mol. The molecule has 0 radical (unpaired) electrons. The fourth-order valence-corrected chi connectivity index (χ4v) is 2.16. The highest BCUT2D eigenvalue weighted by atomic mass is 28.1. The van der Waals surface area contributed by atoms with Crippen LogP contribution < -0.4 is 0 Å². The van der Waals surface area contributed by atoms with E-state index in [-0.39, 0.29) is 20.4 Å². The van der Waals surface area contributed by atoms with Crippen molar-refractivity contribution in [2.45, 2.75) is 54.2 Å². The van der Waals surface area contributed by atoms with Crippen LogP contribution >= 0.6 is 0 Å². The summed E-state index contributed by atoms with van der Waals surface area (Å²) in [4.78, 5) is 0. The zero-order chi connectivity index (χ0) is 8.74. The van der Waals surface area contributed by atoms with Gasteiger partial charge >= 0.3 is 20.4 Å². The first-order valence-electron chi connectivity index (χ1n) is 5.12. The van der Waals surface area contributed by atoms with E-state index in [9.17, 15) is 0 Å². The normalized spacial score (nSPS) is 15.9. The lowest BCUT2D eigenvalue weighted by Crippen LogP contribution is -2.14. The molecule has 0 saturated carbocycles. The highest BCUT2D eigenvalue weighted by Crippen LogP contribution is 2.26. The first-order chi connectivity index (χ1) is 5.12. The van der Waals surface area contributed by atoms with Crippen LogP contribution in [0.1, 0.15) is 46.0 Å². The molecule has 64 valence electrons. The van der Waals surface area contributed by atoms with Crippen molar-refractivity contribution in [3.05, 3.63) is 0 Å². The molecular formula is C9H22MgSi. The standard InChI is InChI=1S/C8H19Si.CH3.Mg/c1-3-4-5-6-7-8(2)9;;/h3-7H2,1-2,9H3;1H3;. The SMILES string of the molecule is CCCCCC[C](C)([SiH3])[Mg][CH3]. The minimum absolute atomic E-state index is 0.269. The van der Waals surface area contributed by atoms with Crippen LogP contribution in [-0.4, -0.2) is 30.6 Å². The minimum atomic E-state index is 0.269. The van der Waals surface area contributed by atoms with E-state index in [0.717, 1.165) is 3.17 Å². The van der Waals surface area contributed by atoms with Crippen LogP contribution in [0.15, 0.2) is 0 Å². The largest absolute Gasteiger partial charge is 0.363 e. The first kappa shape index (κ1) is 12.0. The number of hydrogen-bond donors (Lipinski definition) is 0. The van der Waals surface area contributed by atoms with E-state index >= 15 is 0 Å². The van der Waals surface area contributed by atoms with Crippen molar-refractivity contribution in [2.75, 3.05) is 0 Å². The molecule has 0 aliphatic carbocycles. The number of hydrogen-bond acceptors (Lipinski definition) is 0. The molecule has 0 aromatic heterocycles. The Labute approximate surface area is 84.7 Å². The Kier molecular flexibility index (Phi) is 7.07. The van der Waals surface area contributed by atoms with Crippen molar-refractivity contribution in [2.24, 2.45) is 0 Å². The quantitative estimate of drug-likeness (QED) is 0.437. The maximum Gasteiger partial charge on any atom is 0.363 e. The van der Waals surface area contributed by atoms with E-state index in [2.05, 4.69) is 18.9 Å². The van der Waals surface area contributed by atoms with Crippen LogP contribution in [0.25, 0.3) is 0 Å². The molecule has 0 spiro atoms. The maximum atomic E-state index is 2.50. The first-order valence-corrected chi connectivity index (χ1v) is 8.24. The summed E-state index contributed by atoms with van der Waals surface area (Å²) in [5.74, 6) is 0. The average molecular weight is 183 g/mol. The van der Waals surface area contributed by atoms with Gasteiger partial charge in [0.25, 0.3) is 0 Å². The topological polar surface area (TPSA) is 0 Å². The van der Waals surface area contributed by atoms with Crippen molar-refractivity contribution in [3.63, 3.8) is 0 Å². The molecule has 0 aromatic rings. The van der Waals surface area contributed by atoms with E-state index in [1.165, 1.54) is 42.3 Å². The van der Waals surface area contributed by atoms with Gasteiger partial charge in [0.1, 0.15) is 0 Å². The summed E-state index contributed by atoms with van der Waals surface area (Å²) in [6.07, 6.45) is 7.32. The van der Waals surface area contributed by atoms with Gasteiger partial charge in [0.2, 0.25) is 0 Å². The molecule has 0 rings (SSSR count). The summed E-state index contributed by atoms with van der Waals surface area (Å²) in [5.41, 5.74) is 0. The van der Waals surface area contributed by atoms with E-state index in [1.807, 2.05) is 0 Å². The summed E-state index contributed by atoms with van der Waals surface area (Å²) in [6.45, 7) is 4.78. The predicted octanol–water partition coefficient (Wildman–Crippen LogP) is 2.21. The van der Waals surface area contributed by atoms with Gasteiger partial charge in [-0.25, -0.2) is 0 Å². The van der Waals surface area contributed by atoms with E-state index in [4.69, 9.17) is 0 Å². The van der Waals surface area contributed by atoms with Crippen LogP contribution in [0, 0.1) is 0 Å². The van der Waals surface area contributed by atoms with E-state index in [0.29, 0.717) is 0 Å². The van der Waals surface area contributed by atoms with Crippen molar-refractivity contribution < 1.29 is 0 Å². The van der Waals surface area contributed by atoms with Crippen LogP contribution in [0.3, 0.4) is 0 Å². The zero-order valence-corrected chi connectivity index (χ0v) is 12.2. The number of rotatable bonds is 6. The predicted molar refractivity (Wildman–Crippen MR) is 58.7 cm³/mol. The van der Waals surface area contributed by atoms with Gasteiger partial charge in [-0.15, -0.1) is 3.17 Å². The van der Waals surface area contributed by atoms with Gasteiger partial charge in [0.05, 0.1) is 0 Å². The molecule has 0 aliphatic heterocycles. The van der Waals surface area contributed by atoms with Crippen molar-refractivity contribution in [1.82, 2.24) is 0 Å². The lowest BCUT2D eigenvalue weighted by Gasteiger charge is -2.21. The molecule has 1 atom stereocenters. The third kappa shape index (κ3) is 7.35. The Balaban J connectivity index is 3.23. The lowest BCUT2D eigenvalue weighted by molar-refractivity contribution is 0.599. The summed E-state index contributed by atoms with van der Waals surface area (Å²) < 4.78 is 0.869. The second kappa shape index (κ2) is 6.49. The van der Waals surface area contributed by atoms with Crippen LogP contribution in [0.4, 0.5) is 0 Å². The van der Waals surface area contributed by atoms with Gasteiger partial charge in [0, 0.05) is 0 Å². The summed E-state index contributed by atoms with van der Waals surface area (Å²) >= 11 is 0.269. The van der Waals surface area contributed by atoms with Crippen LogP contribution in [-0.2, 0) is 0 Å². The summed E-state index contributed by atoms with van der Waals surface area (Å²) in [5, 5.41) is 2.47. The molecule has 0 nitrogen and oxygen atoms in total. The van der Waals surface area contributed by atoms with Crippen LogP contribution in [0.2, 0.25) is 8.22 Å². The summed E-state index contributed by atoms with van der Waals surface area (Å²) in [6, 6.07) is 0. The average Bonchev–Trinajstić information content (AvgIpc) is 1.99. The van der Waals surface area contributed by atoms with Gasteiger partial charge in [-0.2, -0.15) is 5.05 Å². The highest BCUT2D eigenvalue weighted by molar-refractivity contribution is 6.52. The Bertz CT molecular complexity index is 91.6. The lowest BCUT2D eigenvalue weighted by atomic mass is 10.1. The molecule has 1 unspecified atom stereocenters. The Hall–Kier alpha value is 0.983. The highest BCUT2D eigenvalue weighted by Gasteiger charge is 2.15. The molecule has 0 saturated heterocycles. The van der Waals surface area contributed by atoms with Gasteiger partial charge in [-0.3, -0.25) is 0 Å². The monoisotopic (exact) mass is 182 g/mol. The van der Waals surface area contributed by atoms with Crippen LogP contribution in [0.5, 0.6) is 0 Å². The summed E-state index contributed by atoms with van der Waals surface area (Å²) in [7, 11) is 1.43. The third-order valence-corrected chi connectivity index (χ3v) is 7.55. The van der Waals surface area contributed by atoms with Gasteiger partial charge < -0.3 is 0 Å². The molecule has 0 bridgehead atoms. The minimum Gasteiger partial charge on any atom is -0.157 e. The van der Waals surface area contributed by atoms with Gasteiger partial charge in [-0.1, -0.05) is 46.0 Å². The molecule has 0 aliphatic rings. The molecule has 0 amide bonds. The smallest absolute Gasteiger partial charge is 0.157 e. The van der Waals surface area contributed by atoms with Crippen molar-refractivity contribution in [3.8, 4) is 0 Å². The van der Waals surface area contributed by atoms with Crippen molar-refractivity contribution >= 4 is 30.6 Å². The Morgan fingerprint density at radius 2 is 1.91 bits per heavy atom. The van der Waals surface area contributed by atoms with Gasteiger partial charge in [0.15, 0.2) is 0 Å². The second-order valence-corrected chi connectivity index (χ2v) is 10.8. The van der Waals surface area contributed by atoms with E-state index in [1.54, 1.807) is 0 Å². The van der Waals surface area contributed by atoms with E-state index < -0.39 is 0 Å². The fraction of sp³-hybridized carbons (Fsp3) is 1.00. The molecule has 11 heavy (non-hydrogen) atoms. The maximum absolute atomic E-state index is 2.50. The molecule has 0 fully saturated rings. The van der Waals surface area contributed by atoms with Gasteiger partial charge in [-0.05, 0) is 10.2 Å². The Morgan fingerprint density at radius 1 is 1.27 bits per heavy atom.